The molecule has 1 atom stereocenters. The van der Waals surface area contributed by atoms with Crippen LogP contribution in [0.25, 0.3) is 0 Å². The van der Waals surface area contributed by atoms with Crippen molar-refractivity contribution in [2.75, 3.05) is 5.32 Å². The van der Waals surface area contributed by atoms with Crippen molar-refractivity contribution in [3.63, 3.8) is 0 Å². The molecule has 1 unspecified atom stereocenters. The zero-order valence-electron chi connectivity index (χ0n) is 11.9. The molecule has 0 bridgehead atoms. The Balaban J connectivity index is 2.19. The normalized spacial score (nSPS) is 12.2. The second kappa shape index (κ2) is 6.09. The standard InChI is InChI=1S/C15H18ClN3O/c1-4-14(19-9-12(16)8-17-19)15(20)18-13-7-10(2)5-6-11(13)3/h5-9,14H,4H2,1-3H3,(H,18,20). The number of anilines is 1. The third-order valence-corrected chi connectivity index (χ3v) is 3.42. The molecule has 1 aromatic carbocycles. The fourth-order valence-corrected chi connectivity index (χ4v) is 2.21. The fourth-order valence-electron chi connectivity index (χ4n) is 2.06. The molecule has 0 saturated heterocycles. The van der Waals surface area contributed by atoms with Gasteiger partial charge in [-0.1, -0.05) is 30.7 Å². The molecule has 0 fully saturated rings. The number of hydrogen-bond donors (Lipinski definition) is 1. The monoisotopic (exact) mass is 291 g/mol. The fraction of sp³-hybridized carbons (Fsp3) is 0.333. The van der Waals surface area contributed by atoms with E-state index < -0.39 is 0 Å². The largest absolute Gasteiger partial charge is 0.324 e. The summed E-state index contributed by atoms with van der Waals surface area (Å²) in [7, 11) is 0. The summed E-state index contributed by atoms with van der Waals surface area (Å²) in [4.78, 5) is 12.4. The van der Waals surface area contributed by atoms with Crippen LogP contribution in [0.1, 0.15) is 30.5 Å². The summed E-state index contributed by atoms with van der Waals surface area (Å²) >= 11 is 5.86. The average Bonchev–Trinajstić information content (AvgIpc) is 2.81. The molecule has 1 amide bonds. The molecule has 106 valence electrons. The minimum atomic E-state index is -0.359. The smallest absolute Gasteiger partial charge is 0.249 e. The Morgan fingerprint density at radius 1 is 1.45 bits per heavy atom. The molecule has 1 heterocycles. The van der Waals surface area contributed by atoms with Crippen LogP contribution in [0, 0.1) is 13.8 Å². The molecular weight excluding hydrogens is 274 g/mol. The van der Waals surface area contributed by atoms with Gasteiger partial charge in [0.15, 0.2) is 0 Å². The van der Waals surface area contributed by atoms with Gasteiger partial charge >= 0.3 is 0 Å². The van der Waals surface area contributed by atoms with Crippen molar-refractivity contribution in [2.24, 2.45) is 0 Å². The highest BCUT2D eigenvalue weighted by molar-refractivity contribution is 6.30. The molecule has 0 aliphatic heterocycles. The van der Waals surface area contributed by atoms with Crippen LogP contribution in [-0.4, -0.2) is 15.7 Å². The van der Waals surface area contributed by atoms with E-state index in [9.17, 15) is 4.79 Å². The van der Waals surface area contributed by atoms with E-state index in [1.165, 1.54) is 6.20 Å². The van der Waals surface area contributed by atoms with Gasteiger partial charge in [-0.15, -0.1) is 0 Å². The minimum Gasteiger partial charge on any atom is -0.324 e. The van der Waals surface area contributed by atoms with Crippen molar-refractivity contribution in [3.8, 4) is 0 Å². The zero-order chi connectivity index (χ0) is 14.7. The van der Waals surface area contributed by atoms with Gasteiger partial charge in [-0.05, 0) is 37.5 Å². The Bertz CT molecular complexity index is 621. The predicted octanol–water partition coefficient (Wildman–Crippen LogP) is 3.74. The molecule has 1 aromatic heterocycles. The van der Waals surface area contributed by atoms with Gasteiger partial charge in [0.1, 0.15) is 6.04 Å². The number of hydrogen-bond acceptors (Lipinski definition) is 2. The third kappa shape index (κ3) is 3.20. The molecule has 0 aliphatic rings. The van der Waals surface area contributed by atoms with Gasteiger partial charge in [0.2, 0.25) is 5.91 Å². The number of aromatic nitrogens is 2. The molecule has 0 saturated carbocycles. The lowest BCUT2D eigenvalue weighted by Crippen LogP contribution is -2.26. The number of amides is 1. The molecule has 0 radical (unpaired) electrons. The van der Waals surface area contributed by atoms with E-state index in [-0.39, 0.29) is 11.9 Å². The molecule has 20 heavy (non-hydrogen) atoms. The first-order chi connectivity index (χ1) is 9.51. The van der Waals surface area contributed by atoms with Crippen molar-refractivity contribution in [1.29, 1.82) is 0 Å². The SMILES string of the molecule is CCC(C(=O)Nc1cc(C)ccc1C)n1cc(Cl)cn1. The van der Waals surface area contributed by atoms with E-state index in [2.05, 4.69) is 10.4 Å². The van der Waals surface area contributed by atoms with Gasteiger partial charge in [-0.2, -0.15) is 5.10 Å². The maximum atomic E-state index is 12.4. The average molecular weight is 292 g/mol. The number of carbonyl (C=O) groups is 1. The summed E-state index contributed by atoms with van der Waals surface area (Å²) in [6.07, 6.45) is 3.85. The van der Waals surface area contributed by atoms with E-state index in [0.717, 1.165) is 16.8 Å². The molecular formula is C15H18ClN3O. The number of benzene rings is 1. The van der Waals surface area contributed by atoms with Gasteiger partial charge in [0, 0.05) is 11.9 Å². The van der Waals surface area contributed by atoms with E-state index in [1.54, 1.807) is 10.9 Å². The molecule has 2 rings (SSSR count). The van der Waals surface area contributed by atoms with Gasteiger partial charge in [0.25, 0.3) is 0 Å². The van der Waals surface area contributed by atoms with Crippen LogP contribution in [0.4, 0.5) is 5.69 Å². The summed E-state index contributed by atoms with van der Waals surface area (Å²) in [5.41, 5.74) is 2.99. The van der Waals surface area contributed by atoms with Crippen molar-refractivity contribution >= 4 is 23.2 Å². The minimum absolute atomic E-state index is 0.0824. The second-order valence-electron chi connectivity index (χ2n) is 4.87. The molecule has 4 nitrogen and oxygen atoms in total. The van der Waals surface area contributed by atoms with Crippen LogP contribution < -0.4 is 5.32 Å². The lowest BCUT2D eigenvalue weighted by molar-refractivity contribution is -0.119. The van der Waals surface area contributed by atoms with Crippen molar-refractivity contribution in [2.45, 2.75) is 33.2 Å². The second-order valence-corrected chi connectivity index (χ2v) is 5.31. The summed E-state index contributed by atoms with van der Waals surface area (Å²) in [6, 6.07) is 5.63. The highest BCUT2D eigenvalue weighted by atomic mass is 35.5. The van der Waals surface area contributed by atoms with E-state index in [4.69, 9.17) is 11.6 Å². The first-order valence-corrected chi connectivity index (χ1v) is 6.97. The maximum absolute atomic E-state index is 12.4. The molecule has 0 aliphatic carbocycles. The van der Waals surface area contributed by atoms with Gasteiger partial charge < -0.3 is 5.32 Å². The van der Waals surface area contributed by atoms with Gasteiger partial charge in [-0.25, -0.2) is 0 Å². The molecule has 1 N–H and O–H groups in total. The number of carbonyl (C=O) groups excluding carboxylic acids is 1. The van der Waals surface area contributed by atoms with E-state index >= 15 is 0 Å². The van der Waals surface area contributed by atoms with Crippen molar-refractivity contribution in [3.05, 3.63) is 46.7 Å². The van der Waals surface area contributed by atoms with Crippen LogP contribution in [-0.2, 0) is 4.79 Å². The lowest BCUT2D eigenvalue weighted by atomic mass is 10.1. The molecule has 5 heteroatoms. The first-order valence-electron chi connectivity index (χ1n) is 6.59. The summed E-state index contributed by atoms with van der Waals surface area (Å²) in [5, 5.41) is 7.61. The lowest BCUT2D eigenvalue weighted by Gasteiger charge is -2.17. The van der Waals surface area contributed by atoms with Crippen molar-refractivity contribution < 1.29 is 4.79 Å². The number of aryl methyl sites for hydroxylation is 2. The van der Waals surface area contributed by atoms with Crippen LogP contribution >= 0.6 is 11.6 Å². The van der Waals surface area contributed by atoms with Crippen molar-refractivity contribution in [1.82, 2.24) is 9.78 Å². The Kier molecular flexibility index (Phi) is 4.45. The summed E-state index contributed by atoms with van der Waals surface area (Å²) in [5.74, 6) is -0.0824. The third-order valence-electron chi connectivity index (χ3n) is 3.23. The Morgan fingerprint density at radius 2 is 2.20 bits per heavy atom. The summed E-state index contributed by atoms with van der Waals surface area (Å²) < 4.78 is 1.60. The number of rotatable bonds is 4. The maximum Gasteiger partial charge on any atom is 0.249 e. The molecule has 2 aromatic rings. The first kappa shape index (κ1) is 14.6. The number of nitrogens with zero attached hydrogens (tertiary/aromatic N) is 2. The van der Waals surface area contributed by atoms with E-state index in [0.29, 0.717) is 11.4 Å². The van der Waals surface area contributed by atoms with E-state index in [1.807, 2.05) is 39.0 Å². The Hall–Kier alpha value is -1.81. The van der Waals surface area contributed by atoms with Crippen LogP contribution in [0.5, 0.6) is 0 Å². The highest BCUT2D eigenvalue weighted by Crippen LogP contribution is 2.20. The Morgan fingerprint density at radius 3 is 2.80 bits per heavy atom. The van der Waals surface area contributed by atoms with Gasteiger partial charge in [0.05, 0.1) is 11.2 Å². The van der Waals surface area contributed by atoms with Gasteiger partial charge in [-0.3, -0.25) is 9.48 Å². The van der Waals surface area contributed by atoms with Crippen LogP contribution in [0.2, 0.25) is 5.02 Å². The number of nitrogens with one attached hydrogen (secondary N) is 1. The number of halogens is 1. The summed E-state index contributed by atoms with van der Waals surface area (Å²) in [6.45, 7) is 5.92. The molecule has 0 spiro atoms. The quantitative estimate of drug-likeness (QED) is 0.933. The predicted molar refractivity (Wildman–Crippen MR) is 81.1 cm³/mol. The zero-order valence-corrected chi connectivity index (χ0v) is 12.6. The van der Waals surface area contributed by atoms with Crippen LogP contribution in [0.3, 0.4) is 0 Å². The van der Waals surface area contributed by atoms with Crippen LogP contribution in [0.15, 0.2) is 30.6 Å². The highest BCUT2D eigenvalue weighted by Gasteiger charge is 2.20. The Labute approximate surface area is 123 Å². The topological polar surface area (TPSA) is 46.9 Å².